The molecule has 0 unspecified atom stereocenters. The van der Waals surface area contributed by atoms with Crippen molar-refractivity contribution in [2.45, 2.75) is 25.7 Å². The fourth-order valence-corrected chi connectivity index (χ4v) is 6.49. The minimum absolute atomic E-state index is 0.106. The van der Waals surface area contributed by atoms with Crippen LogP contribution in [0.3, 0.4) is 0 Å². The number of carbonyl (C=O) groups excluding carboxylic acids is 3. The second-order valence-corrected chi connectivity index (χ2v) is 9.80. The number of hydrogen-bond acceptors (Lipinski definition) is 3. The molecule has 0 spiro atoms. The quantitative estimate of drug-likeness (QED) is 0.557. The topological polar surface area (TPSA) is 66.5 Å². The van der Waals surface area contributed by atoms with Gasteiger partial charge in [-0.05, 0) is 72.9 Å². The summed E-state index contributed by atoms with van der Waals surface area (Å²) < 4.78 is 0. The summed E-state index contributed by atoms with van der Waals surface area (Å²) in [6, 6.07) is 24.8. The number of anilines is 2. The van der Waals surface area contributed by atoms with Crippen LogP contribution in [0.2, 0.25) is 0 Å². The van der Waals surface area contributed by atoms with Crippen molar-refractivity contribution in [1.29, 1.82) is 0 Å². The standard InChI is InChI=1S/C29H26N2O3/c1-17-8-5-6-13-24(17)30-27(32)19-11-7-12-21(14-19)31-28(33)25-20-15-22(18-9-3-2-4-10-18)23(16-20)26(25)29(31)34/h2-14,20,22-23,25-26H,15-16H2,1H3,(H,30,32)/t20-,22+,23+,25+,26+/m0/s1. The zero-order valence-corrected chi connectivity index (χ0v) is 19.0. The molecular weight excluding hydrogens is 424 g/mol. The van der Waals surface area contributed by atoms with Gasteiger partial charge in [-0.1, -0.05) is 54.6 Å². The highest BCUT2D eigenvalue weighted by Gasteiger charge is 2.64. The lowest BCUT2D eigenvalue weighted by molar-refractivity contribution is -0.123. The predicted octanol–water partition coefficient (Wildman–Crippen LogP) is 5.18. The number of aryl methyl sites for hydroxylation is 1. The Labute approximate surface area is 198 Å². The molecule has 1 N–H and O–H groups in total. The molecule has 3 fully saturated rings. The third-order valence-electron chi connectivity index (χ3n) is 8.00. The molecule has 1 aliphatic heterocycles. The van der Waals surface area contributed by atoms with Crippen LogP contribution in [-0.4, -0.2) is 17.7 Å². The van der Waals surface area contributed by atoms with Gasteiger partial charge in [-0.2, -0.15) is 0 Å². The molecule has 3 amide bonds. The van der Waals surface area contributed by atoms with Crippen molar-refractivity contribution in [3.05, 3.63) is 95.6 Å². The minimum atomic E-state index is -0.264. The first-order valence-electron chi connectivity index (χ1n) is 11.9. The summed E-state index contributed by atoms with van der Waals surface area (Å²) in [5, 5.41) is 2.93. The zero-order chi connectivity index (χ0) is 23.4. The molecular formula is C29H26N2O3. The van der Waals surface area contributed by atoms with E-state index in [2.05, 4.69) is 17.4 Å². The number of fused-ring (bicyclic) bond motifs is 5. The van der Waals surface area contributed by atoms with Crippen molar-refractivity contribution in [2.24, 2.45) is 23.7 Å². The van der Waals surface area contributed by atoms with Gasteiger partial charge < -0.3 is 5.32 Å². The molecule has 6 rings (SSSR count). The average molecular weight is 451 g/mol. The summed E-state index contributed by atoms with van der Waals surface area (Å²) in [4.78, 5) is 41.3. The Balaban J connectivity index is 1.26. The maximum atomic E-state index is 13.6. The Bertz CT molecular complexity index is 1300. The number of para-hydroxylation sites is 1. The van der Waals surface area contributed by atoms with Gasteiger partial charge in [-0.25, -0.2) is 0 Å². The maximum Gasteiger partial charge on any atom is 0.255 e. The van der Waals surface area contributed by atoms with Crippen molar-refractivity contribution in [1.82, 2.24) is 0 Å². The molecule has 170 valence electrons. The van der Waals surface area contributed by atoms with Crippen LogP contribution in [0, 0.1) is 30.6 Å². The van der Waals surface area contributed by atoms with Crippen LogP contribution < -0.4 is 10.2 Å². The van der Waals surface area contributed by atoms with E-state index < -0.39 is 0 Å². The van der Waals surface area contributed by atoms with E-state index in [1.54, 1.807) is 24.3 Å². The Hall–Kier alpha value is -3.73. The molecule has 5 nitrogen and oxygen atoms in total. The summed E-state index contributed by atoms with van der Waals surface area (Å²) in [5.74, 6) is -0.205. The molecule has 3 aliphatic rings. The maximum absolute atomic E-state index is 13.6. The van der Waals surface area contributed by atoms with Gasteiger partial charge in [0.25, 0.3) is 5.91 Å². The highest BCUT2D eigenvalue weighted by Crippen LogP contribution is 2.61. The average Bonchev–Trinajstić information content (AvgIpc) is 3.52. The Morgan fingerprint density at radius 1 is 0.853 bits per heavy atom. The molecule has 3 aromatic carbocycles. The van der Waals surface area contributed by atoms with E-state index in [4.69, 9.17) is 0 Å². The summed E-state index contributed by atoms with van der Waals surface area (Å²) in [7, 11) is 0. The highest BCUT2D eigenvalue weighted by atomic mass is 16.2. The van der Waals surface area contributed by atoms with Crippen LogP contribution in [0.25, 0.3) is 0 Å². The van der Waals surface area contributed by atoms with Crippen molar-refractivity contribution < 1.29 is 14.4 Å². The summed E-state index contributed by atoms with van der Waals surface area (Å²) in [6.07, 6.45) is 1.90. The normalized spacial score (nSPS) is 27.2. The fraction of sp³-hybridized carbons (Fsp3) is 0.276. The van der Waals surface area contributed by atoms with Gasteiger partial charge in [0, 0.05) is 11.3 Å². The second-order valence-electron chi connectivity index (χ2n) is 9.80. The number of nitrogens with zero attached hydrogens (tertiary/aromatic N) is 1. The second kappa shape index (κ2) is 7.94. The van der Waals surface area contributed by atoms with Gasteiger partial charge in [0.15, 0.2) is 0 Å². The van der Waals surface area contributed by atoms with Crippen LogP contribution in [0.15, 0.2) is 78.9 Å². The van der Waals surface area contributed by atoms with E-state index in [0.717, 1.165) is 24.1 Å². The van der Waals surface area contributed by atoms with E-state index in [1.807, 2.05) is 49.4 Å². The zero-order valence-electron chi connectivity index (χ0n) is 19.0. The van der Waals surface area contributed by atoms with E-state index in [-0.39, 0.29) is 41.4 Å². The van der Waals surface area contributed by atoms with Gasteiger partial charge >= 0.3 is 0 Å². The smallest absolute Gasteiger partial charge is 0.255 e. The lowest BCUT2D eigenvalue weighted by atomic mass is 9.73. The van der Waals surface area contributed by atoms with Gasteiger partial charge in [0.2, 0.25) is 11.8 Å². The van der Waals surface area contributed by atoms with Gasteiger partial charge in [-0.3, -0.25) is 19.3 Å². The SMILES string of the molecule is Cc1ccccc1NC(=O)c1cccc(N2C(=O)[C@@H]3[C@@H]4C[C@@H]([C@H]3C2=O)[C@@H](c2ccccc2)C4)c1. The third-order valence-corrected chi connectivity index (χ3v) is 8.00. The first kappa shape index (κ1) is 20.8. The van der Waals surface area contributed by atoms with Gasteiger partial charge in [-0.15, -0.1) is 0 Å². The largest absolute Gasteiger partial charge is 0.322 e. The highest BCUT2D eigenvalue weighted by molar-refractivity contribution is 6.23. The molecule has 5 heteroatoms. The molecule has 1 heterocycles. The van der Waals surface area contributed by atoms with Gasteiger partial charge in [0.1, 0.15) is 0 Å². The fourth-order valence-electron chi connectivity index (χ4n) is 6.49. The van der Waals surface area contributed by atoms with E-state index in [1.165, 1.54) is 10.5 Å². The van der Waals surface area contributed by atoms with Crippen molar-refractivity contribution in [3.63, 3.8) is 0 Å². The first-order chi connectivity index (χ1) is 16.5. The number of carbonyl (C=O) groups is 3. The van der Waals surface area contributed by atoms with Crippen molar-refractivity contribution in [2.75, 3.05) is 10.2 Å². The molecule has 34 heavy (non-hydrogen) atoms. The lowest BCUT2D eigenvalue weighted by Crippen LogP contribution is -2.33. The van der Waals surface area contributed by atoms with Crippen LogP contribution >= 0.6 is 0 Å². The molecule has 2 aliphatic carbocycles. The van der Waals surface area contributed by atoms with Crippen LogP contribution in [0.5, 0.6) is 0 Å². The summed E-state index contributed by atoms with van der Waals surface area (Å²) in [5.41, 5.74) is 3.88. The number of hydrogen-bond donors (Lipinski definition) is 1. The first-order valence-corrected chi connectivity index (χ1v) is 11.9. The van der Waals surface area contributed by atoms with E-state index in [0.29, 0.717) is 17.2 Å². The van der Waals surface area contributed by atoms with Crippen LogP contribution in [-0.2, 0) is 9.59 Å². The minimum Gasteiger partial charge on any atom is -0.322 e. The molecule has 0 radical (unpaired) electrons. The molecule has 3 aromatic rings. The van der Waals surface area contributed by atoms with Crippen LogP contribution in [0.4, 0.5) is 11.4 Å². The molecule has 0 aromatic heterocycles. The Morgan fingerprint density at radius 2 is 1.59 bits per heavy atom. The number of amides is 3. The van der Waals surface area contributed by atoms with Crippen molar-refractivity contribution in [3.8, 4) is 0 Å². The Kier molecular flexibility index (Phi) is 4.87. The molecule has 2 saturated carbocycles. The number of benzene rings is 3. The number of rotatable bonds is 4. The number of nitrogens with one attached hydrogen (secondary N) is 1. The summed E-state index contributed by atoms with van der Waals surface area (Å²) >= 11 is 0. The Morgan fingerprint density at radius 3 is 2.38 bits per heavy atom. The van der Waals surface area contributed by atoms with Crippen LogP contribution in [0.1, 0.15) is 40.2 Å². The van der Waals surface area contributed by atoms with E-state index >= 15 is 0 Å². The molecule has 2 bridgehead atoms. The predicted molar refractivity (Wildman–Crippen MR) is 130 cm³/mol. The van der Waals surface area contributed by atoms with Crippen molar-refractivity contribution >= 4 is 29.1 Å². The molecule has 1 saturated heterocycles. The summed E-state index contributed by atoms with van der Waals surface area (Å²) in [6.45, 7) is 1.93. The third kappa shape index (κ3) is 3.18. The van der Waals surface area contributed by atoms with E-state index in [9.17, 15) is 14.4 Å². The number of imide groups is 1. The molecule has 5 atom stereocenters. The lowest BCUT2D eigenvalue weighted by Gasteiger charge is -2.28. The van der Waals surface area contributed by atoms with Gasteiger partial charge in [0.05, 0.1) is 17.5 Å². The monoisotopic (exact) mass is 450 g/mol.